The summed E-state index contributed by atoms with van der Waals surface area (Å²) in [6.45, 7) is 41.3. The molecule has 0 saturated carbocycles. The number of hydrogen-bond donors (Lipinski definition) is 0. The van der Waals surface area contributed by atoms with Gasteiger partial charge in [0.2, 0.25) is 0 Å². The SMILES string of the molecule is CC(C)(C)c1ccc(C2=C(c3ccc(C(C)(C)C)cc3)c3nc2nc2[n-]c(nc4nc(nc5[n-]c(n3)c(-c3ccc(C(C)(C)C)cc3)c5-c3ccc(C(C)(C)C)cc3)C3=C4O[C@]4(CCCCO4)[C@@]4(CCCCO4)O3)c(-c3ccc(C(C)(C)C)cc3)c2-c2ccc(C(C)(C)C)cc2)cc1.[Ni+2]. The van der Waals surface area contributed by atoms with Gasteiger partial charge >= 0.3 is 16.5 Å². The second kappa shape index (κ2) is 25.1. The minimum absolute atomic E-state index is 0. The molecule has 3 aromatic heterocycles. The number of benzene rings is 6. The molecular weight excluding hydrogens is 1270 g/mol. The van der Waals surface area contributed by atoms with E-state index < -0.39 is 11.6 Å². The van der Waals surface area contributed by atoms with E-state index in [1.165, 1.54) is 33.4 Å². The van der Waals surface area contributed by atoms with E-state index in [-0.39, 0.29) is 72.1 Å². The maximum absolute atomic E-state index is 7.52. The van der Waals surface area contributed by atoms with Gasteiger partial charge in [0.15, 0.2) is 11.5 Å². The van der Waals surface area contributed by atoms with Crippen LogP contribution in [0, 0.1) is 0 Å². The summed E-state index contributed by atoms with van der Waals surface area (Å²) in [6.07, 6.45) is 4.48. The van der Waals surface area contributed by atoms with Crippen molar-refractivity contribution in [2.45, 2.75) is 207 Å². The molecule has 5 aliphatic heterocycles. The molecule has 12 nitrogen and oxygen atoms in total. The molecular formula is C86H94N8NiO4. The Morgan fingerprint density at radius 1 is 0.283 bits per heavy atom. The summed E-state index contributed by atoms with van der Waals surface area (Å²) in [7, 11) is 0. The van der Waals surface area contributed by atoms with Crippen molar-refractivity contribution in [1.82, 2.24) is 39.9 Å². The van der Waals surface area contributed by atoms with Gasteiger partial charge < -0.3 is 48.9 Å². The molecule has 0 N–H and O–H groups in total. The second-order valence-corrected chi connectivity index (χ2v) is 33.7. The molecule has 9 aromatic rings. The zero-order valence-electron chi connectivity index (χ0n) is 61.0. The third-order valence-electron chi connectivity index (χ3n) is 20.2. The number of aromatic nitrogens is 8. The molecule has 0 unspecified atom stereocenters. The van der Waals surface area contributed by atoms with E-state index in [4.69, 9.17) is 58.8 Å². The van der Waals surface area contributed by atoms with Gasteiger partial charge in [-0.15, -0.1) is 0 Å². The van der Waals surface area contributed by atoms with Gasteiger partial charge in [0.1, 0.15) is 11.6 Å². The van der Waals surface area contributed by atoms with Crippen LogP contribution in [0.1, 0.15) is 231 Å². The number of nitrogens with zero attached hydrogens (tertiary/aromatic N) is 8. The van der Waals surface area contributed by atoms with Crippen LogP contribution in [-0.4, -0.2) is 54.7 Å². The Labute approximate surface area is 595 Å². The van der Waals surface area contributed by atoms with E-state index >= 15 is 0 Å². The maximum atomic E-state index is 7.52. The molecule has 8 bridgehead atoms. The maximum Gasteiger partial charge on any atom is 2.00 e. The van der Waals surface area contributed by atoms with Gasteiger partial charge in [0.25, 0.3) is 11.6 Å². The Morgan fingerprint density at radius 3 is 0.727 bits per heavy atom. The predicted octanol–water partition coefficient (Wildman–Crippen LogP) is 20.3. The minimum Gasteiger partial charge on any atom is -0.449 e. The standard InChI is InChI=1S/C86H94N8O4.Ni/c1-79(2,3)57-35-23-51(24-36-57)63-64(52-25-37-58(38-26-52)80(4,5)6)72-87-71(63)88-73-65(53-27-39-59(40-28-53)81(7,8)9)67(55-31-43-61(44-32-55)83(13,14)15)75(90-73)92-77-69-70(98-86(48-20-22-50-96-86)85(97-69)47-19-21-49-95-85)78(94-77)93-76-68(56-33-45-62(46-34-56)84(16,17)18)66(74(89-72)91-76)54-29-41-60(42-30-54)82(10,11)12;/h23-46H,19-22,47-50H2,1-18H3;/q-2;+2/t85-,86-;/m1./s1. The van der Waals surface area contributed by atoms with Crippen molar-refractivity contribution in [3.8, 4) is 44.5 Å². The number of ether oxygens (including phenoxy) is 4. The molecule has 2 fully saturated rings. The topological polar surface area (TPSA) is 142 Å². The number of rotatable bonds is 6. The number of fused-ring (bicyclic) bond motifs is 11. The minimum atomic E-state index is -1.31. The normalized spacial score (nSPS) is 18.5. The van der Waals surface area contributed by atoms with E-state index in [2.05, 4.69) is 270 Å². The first-order chi connectivity index (χ1) is 46.2. The molecule has 14 rings (SSSR count). The van der Waals surface area contributed by atoms with E-state index in [9.17, 15) is 0 Å². The summed E-state index contributed by atoms with van der Waals surface area (Å²) in [4.78, 5) is 45.8. The van der Waals surface area contributed by atoms with Crippen LogP contribution in [0.4, 0.5) is 0 Å². The quantitative estimate of drug-likeness (QED) is 0.146. The Bertz CT molecular complexity index is 4490. The molecule has 6 aromatic carbocycles. The summed E-state index contributed by atoms with van der Waals surface area (Å²) < 4.78 is 28.9. The predicted molar refractivity (Wildman–Crippen MR) is 396 cm³/mol. The van der Waals surface area contributed by atoms with E-state index in [0.29, 0.717) is 60.3 Å². The van der Waals surface area contributed by atoms with Crippen molar-refractivity contribution in [3.05, 3.63) is 213 Å². The van der Waals surface area contributed by atoms with Crippen LogP contribution >= 0.6 is 0 Å². The average molecular weight is 1360 g/mol. The summed E-state index contributed by atoms with van der Waals surface area (Å²) >= 11 is 0. The van der Waals surface area contributed by atoms with Crippen molar-refractivity contribution in [2.75, 3.05) is 13.2 Å². The van der Waals surface area contributed by atoms with E-state index in [0.717, 1.165) is 92.5 Å². The van der Waals surface area contributed by atoms with Gasteiger partial charge in [0.05, 0.1) is 24.9 Å². The summed E-state index contributed by atoms with van der Waals surface area (Å²) in [6, 6.07) is 52.9. The zero-order chi connectivity index (χ0) is 69.3. The third kappa shape index (κ3) is 12.9. The van der Waals surface area contributed by atoms with Gasteiger partial charge in [-0.2, -0.15) is 0 Å². The summed E-state index contributed by atoms with van der Waals surface area (Å²) in [5, 5.41) is 0. The molecule has 2 saturated heterocycles. The van der Waals surface area contributed by atoms with E-state index in [1.807, 2.05) is 0 Å². The largest absolute Gasteiger partial charge is 2.00 e. The molecule has 13 heteroatoms. The first kappa shape index (κ1) is 69.1. The van der Waals surface area contributed by atoms with Crippen LogP contribution in [0.5, 0.6) is 0 Å². The van der Waals surface area contributed by atoms with Crippen molar-refractivity contribution in [2.24, 2.45) is 0 Å². The van der Waals surface area contributed by atoms with Crippen molar-refractivity contribution in [1.29, 1.82) is 0 Å². The van der Waals surface area contributed by atoms with Gasteiger partial charge in [-0.1, -0.05) is 270 Å². The van der Waals surface area contributed by atoms with Gasteiger partial charge in [-0.3, -0.25) is 0 Å². The van der Waals surface area contributed by atoms with Crippen molar-refractivity contribution >= 4 is 45.3 Å². The molecule has 0 aliphatic carbocycles. The molecule has 512 valence electrons. The first-order valence-corrected chi connectivity index (χ1v) is 35.3. The van der Waals surface area contributed by atoms with Crippen LogP contribution in [0.25, 0.3) is 89.8 Å². The van der Waals surface area contributed by atoms with Gasteiger partial charge in [-0.25, -0.2) is 9.97 Å². The van der Waals surface area contributed by atoms with Crippen molar-refractivity contribution < 1.29 is 35.4 Å². The monoisotopic (exact) mass is 1360 g/mol. The fraction of sp³-hybridized carbons (Fsp3) is 0.395. The Balaban J connectivity index is 0.00000880. The molecule has 0 amide bonds. The van der Waals surface area contributed by atoms with Crippen LogP contribution in [0.2, 0.25) is 0 Å². The van der Waals surface area contributed by atoms with Crippen LogP contribution in [0.3, 0.4) is 0 Å². The third-order valence-corrected chi connectivity index (χ3v) is 20.2. The number of hydrogen-bond acceptors (Lipinski definition) is 10. The molecule has 5 aliphatic rings. The van der Waals surface area contributed by atoms with Crippen LogP contribution in [-0.2, 0) is 67.9 Å². The fourth-order valence-electron chi connectivity index (χ4n) is 14.2. The molecule has 2 spiro atoms. The first-order valence-electron chi connectivity index (χ1n) is 35.3. The van der Waals surface area contributed by atoms with Crippen LogP contribution < -0.4 is 9.97 Å². The van der Waals surface area contributed by atoms with Crippen LogP contribution in [0.15, 0.2) is 146 Å². The Morgan fingerprint density at radius 2 is 0.505 bits per heavy atom. The molecule has 0 radical (unpaired) electrons. The molecule has 2 atom stereocenters. The molecule has 99 heavy (non-hydrogen) atoms. The zero-order valence-corrected chi connectivity index (χ0v) is 62.0. The molecule has 8 heterocycles. The summed E-state index contributed by atoms with van der Waals surface area (Å²) in [5.74, 6) is -0.748. The summed E-state index contributed by atoms with van der Waals surface area (Å²) in [5.41, 5.74) is 18.1. The van der Waals surface area contributed by atoms with E-state index in [1.54, 1.807) is 0 Å². The van der Waals surface area contributed by atoms with Gasteiger partial charge in [-0.05, 0) is 125 Å². The average Bonchev–Trinajstić information content (AvgIpc) is 1.70. The fourth-order valence-corrected chi connectivity index (χ4v) is 14.2. The Kier molecular flexibility index (Phi) is 17.5. The van der Waals surface area contributed by atoms with Gasteiger partial charge in [0, 0.05) is 68.8 Å². The van der Waals surface area contributed by atoms with Crippen molar-refractivity contribution in [3.63, 3.8) is 0 Å². The second-order valence-electron chi connectivity index (χ2n) is 33.7. The Hall–Kier alpha value is -8.35. The smallest absolute Gasteiger partial charge is 0.449 e.